The Morgan fingerprint density at radius 1 is 1.40 bits per heavy atom. The molecule has 2 N–H and O–H groups in total. The Balaban J connectivity index is 2.70. The lowest BCUT2D eigenvalue weighted by molar-refractivity contribution is -0.142. The molecule has 1 rings (SSSR count). The van der Waals surface area contributed by atoms with Crippen molar-refractivity contribution in [2.24, 2.45) is 0 Å². The second-order valence-corrected chi connectivity index (χ2v) is 4.31. The van der Waals surface area contributed by atoms with Crippen molar-refractivity contribution >= 4 is 17.8 Å². The van der Waals surface area contributed by atoms with E-state index in [2.05, 4.69) is 10.1 Å². The summed E-state index contributed by atoms with van der Waals surface area (Å²) in [5.41, 5.74) is 0.284. The number of aryl methyl sites for hydroxylation is 2. The van der Waals surface area contributed by atoms with Crippen molar-refractivity contribution in [1.29, 1.82) is 0 Å². The first-order chi connectivity index (χ1) is 9.35. The third-order valence-electron chi connectivity index (χ3n) is 2.75. The van der Waals surface area contributed by atoms with Crippen LogP contribution in [0.2, 0.25) is 0 Å². The van der Waals surface area contributed by atoms with Gasteiger partial charge in [-0.05, 0) is 26.3 Å². The van der Waals surface area contributed by atoms with Crippen LogP contribution in [0.15, 0.2) is 10.5 Å². The summed E-state index contributed by atoms with van der Waals surface area (Å²) in [7, 11) is 1.22. The monoisotopic (exact) mass is 283 g/mol. The van der Waals surface area contributed by atoms with Crippen LogP contribution in [0.1, 0.15) is 34.7 Å². The molecule has 0 aliphatic rings. The predicted molar refractivity (Wildman–Crippen MR) is 68.3 cm³/mol. The second kappa shape index (κ2) is 6.74. The van der Waals surface area contributed by atoms with Crippen LogP contribution in [0.25, 0.3) is 0 Å². The van der Waals surface area contributed by atoms with Crippen molar-refractivity contribution in [1.82, 2.24) is 5.32 Å². The maximum Gasteiger partial charge on any atom is 0.326 e. The second-order valence-electron chi connectivity index (χ2n) is 4.31. The van der Waals surface area contributed by atoms with E-state index in [1.165, 1.54) is 13.2 Å². The Morgan fingerprint density at radius 2 is 2.05 bits per heavy atom. The molecule has 20 heavy (non-hydrogen) atoms. The zero-order valence-electron chi connectivity index (χ0n) is 11.6. The molecule has 0 bridgehead atoms. The molecular formula is C13H17NO6. The molecule has 1 aromatic heterocycles. The molecule has 0 aliphatic heterocycles. The fourth-order valence-corrected chi connectivity index (χ4v) is 1.71. The maximum absolute atomic E-state index is 12.0. The summed E-state index contributed by atoms with van der Waals surface area (Å²) >= 11 is 0. The SMILES string of the molecule is COC(=O)CCC(NC(=O)c1cc(C)oc1C)C(=O)O. The number of hydrogen-bond donors (Lipinski definition) is 2. The molecule has 1 aromatic rings. The van der Waals surface area contributed by atoms with Gasteiger partial charge in [0.25, 0.3) is 5.91 Å². The highest BCUT2D eigenvalue weighted by atomic mass is 16.5. The normalized spacial score (nSPS) is 11.8. The summed E-state index contributed by atoms with van der Waals surface area (Å²) < 4.78 is 9.64. The van der Waals surface area contributed by atoms with E-state index in [4.69, 9.17) is 9.52 Å². The molecule has 0 saturated heterocycles. The number of carbonyl (C=O) groups excluding carboxylic acids is 2. The lowest BCUT2D eigenvalue weighted by atomic mass is 10.1. The van der Waals surface area contributed by atoms with Gasteiger partial charge in [0.1, 0.15) is 17.6 Å². The van der Waals surface area contributed by atoms with Gasteiger partial charge >= 0.3 is 11.9 Å². The number of esters is 1. The van der Waals surface area contributed by atoms with E-state index in [1.54, 1.807) is 13.8 Å². The summed E-state index contributed by atoms with van der Waals surface area (Å²) in [4.78, 5) is 34.0. The number of ether oxygens (including phenoxy) is 1. The molecular weight excluding hydrogens is 266 g/mol. The highest BCUT2D eigenvalue weighted by Crippen LogP contribution is 2.14. The van der Waals surface area contributed by atoms with Crippen LogP contribution in [0.5, 0.6) is 0 Å². The average Bonchev–Trinajstić information content (AvgIpc) is 2.72. The lowest BCUT2D eigenvalue weighted by Crippen LogP contribution is -2.41. The first-order valence-electron chi connectivity index (χ1n) is 6.02. The van der Waals surface area contributed by atoms with E-state index >= 15 is 0 Å². The van der Waals surface area contributed by atoms with E-state index in [0.29, 0.717) is 11.5 Å². The number of nitrogens with one attached hydrogen (secondary N) is 1. The lowest BCUT2D eigenvalue weighted by Gasteiger charge is -2.13. The van der Waals surface area contributed by atoms with E-state index in [-0.39, 0.29) is 18.4 Å². The molecule has 110 valence electrons. The average molecular weight is 283 g/mol. The number of hydrogen-bond acceptors (Lipinski definition) is 5. The fraction of sp³-hybridized carbons (Fsp3) is 0.462. The van der Waals surface area contributed by atoms with E-state index in [0.717, 1.165) is 0 Å². The summed E-state index contributed by atoms with van der Waals surface area (Å²) in [6.07, 6.45) is -0.124. The van der Waals surface area contributed by atoms with Gasteiger partial charge in [0.05, 0.1) is 12.7 Å². The third-order valence-corrected chi connectivity index (χ3v) is 2.75. The predicted octanol–water partition coefficient (Wildman–Crippen LogP) is 1.03. The van der Waals surface area contributed by atoms with Gasteiger partial charge in [-0.15, -0.1) is 0 Å². The molecule has 1 heterocycles. The minimum Gasteiger partial charge on any atom is -0.480 e. The Bertz CT molecular complexity index is 519. The summed E-state index contributed by atoms with van der Waals surface area (Å²) in [5, 5.41) is 11.4. The minimum atomic E-state index is -1.21. The van der Waals surface area contributed by atoms with Crippen LogP contribution >= 0.6 is 0 Å². The number of carbonyl (C=O) groups is 3. The topological polar surface area (TPSA) is 106 Å². The van der Waals surface area contributed by atoms with Crippen LogP contribution in [-0.2, 0) is 14.3 Å². The largest absolute Gasteiger partial charge is 0.480 e. The first-order valence-corrected chi connectivity index (χ1v) is 6.02. The van der Waals surface area contributed by atoms with Crippen molar-refractivity contribution < 1.29 is 28.6 Å². The maximum atomic E-state index is 12.0. The smallest absolute Gasteiger partial charge is 0.326 e. The zero-order valence-corrected chi connectivity index (χ0v) is 11.6. The van der Waals surface area contributed by atoms with E-state index in [1.807, 2.05) is 0 Å². The first kappa shape index (κ1) is 15.7. The van der Waals surface area contributed by atoms with Gasteiger partial charge in [-0.1, -0.05) is 0 Å². The third kappa shape index (κ3) is 4.11. The Morgan fingerprint density at radius 3 is 2.50 bits per heavy atom. The zero-order chi connectivity index (χ0) is 15.3. The molecule has 0 fully saturated rings. The van der Waals surface area contributed by atoms with Crippen molar-refractivity contribution in [3.8, 4) is 0 Å². The fourth-order valence-electron chi connectivity index (χ4n) is 1.71. The van der Waals surface area contributed by atoms with Crippen molar-refractivity contribution in [3.05, 3.63) is 23.2 Å². The van der Waals surface area contributed by atoms with Crippen molar-refractivity contribution in [2.45, 2.75) is 32.7 Å². The molecule has 7 heteroatoms. The van der Waals surface area contributed by atoms with Gasteiger partial charge in [0.15, 0.2) is 0 Å². The molecule has 1 amide bonds. The van der Waals surface area contributed by atoms with Crippen LogP contribution in [0.3, 0.4) is 0 Å². The Hall–Kier alpha value is -2.31. The summed E-state index contributed by atoms with van der Waals surface area (Å²) in [6.45, 7) is 3.31. The Labute approximate surface area is 115 Å². The highest BCUT2D eigenvalue weighted by Gasteiger charge is 2.23. The van der Waals surface area contributed by atoms with Crippen molar-refractivity contribution in [2.75, 3.05) is 7.11 Å². The Kier molecular flexibility index (Phi) is 5.31. The molecule has 0 aliphatic carbocycles. The van der Waals surface area contributed by atoms with Gasteiger partial charge in [-0.2, -0.15) is 0 Å². The van der Waals surface area contributed by atoms with Crippen molar-refractivity contribution in [3.63, 3.8) is 0 Å². The number of amides is 1. The van der Waals surface area contributed by atoms with Gasteiger partial charge in [0, 0.05) is 6.42 Å². The molecule has 1 atom stereocenters. The van der Waals surface area contributed by atoms with Crippen LogP contribution < -0.4 is 5.32 Å². The van der Waals surface area contributed by atoms with Gasteiger partial charge in [0.2, 0.25) is 0 Å². The minimum absolute atomic E-state index is 0.0381. The highest BCUT2D eigenvalue weighted by molar-refractivity contribution is 5.97. The van der Waals surface area contributed by atoms with E-state index < -0.39 is 23.9 Å². The summed E-state index contributed by atoms with van der Waals surface area (Å²) in [5.74, 6) is -1.30. The van der Waals surface area contributed by atoms with Crippen LogP contribution in [0, 0.1) is 13.8 Å². The summed E-state index contributed by atoms with van der Waals surface area (Å²) in [6, 6.07) is 0.375. The quantitative estimate of drug-likeness (QED) is 0.755. The molecule has 0 aromatic carbocycles. The number of carboxylic acids is 1. The van der Waals surface area contributed by atoms with E-state index in [9.17, 15) is 14.4 Å². The standard InChI is InChI=1S/C13H17NO6/c1-7-6-9(8(2)20-7)12(16)14-10(13(17)18)4-5-11(15)19-3/h6,10H,4-5H2,1-3H3,(H,14,16)(H,17,18). The van der Waals surface area contributed by atoms with Crippen LogP contribution in [-0.4, -0.2) is 36.1 Å². The number of carboxylic acid groups (broad SMARTS) is 1. The number of aliphatic carboxylic acids is 1. The van der Waals surface area contributed by atoms with Gasteiger partial charge < -0.3 is 19.6 Å². The molecule has 1 unspecified atom stereocenters. The molecule has 7 nitrogen and oxygen atoms in total. The van der Waals surface area contributed by atoms with Gasteiger partial charge in [-0.25, -0.2) is 4.79 Å². The molecule has 0 radical (unpaired) electrons. The van der Waals surface area contributed by atoms with Crippen LogP contribution in [0.4, 0.5) is 0 Å². The number of methoxy groups -OCH3 is 1. The van der Waals surface area contributed by atoms with Gasteiger partial charge in [-0.3, -0.25) is 9.59 Å². The number of rotatable bonds is 6. The molecule has 0 saturated carbocycles. The molecule has 0 spiro atoms. The number of furan rings is 1.